The summed E-state index contributed by atoms with van der Waals surface area (Å²) >= 11 is 0. The first-order valence-electron chi connectivity index (χ1n) is 11.6. The lowest BCUT2D eigenvalue weighted by Gasteiger charge is -2.40. The Kier molecular flexibility index (Phi) is 5.98. The second-order valence-electron chi connectivity index (χ2n) is 9.13. The average molecular weight is 434 g/mol. The van der Waals surface area contributed by atoms with Gasteiger partial charge in [-0.25, -0.2) is 0 Å². The van der Waals surface area contributed by atoms with Gasteiger partial charge in [0.25, 0.3) is 0 Å². The summed E-state index contributed by atoms with van der Waals surface area (Å²) in [6.07, 6.45) is 8.09. The molecule has 0 radical (unpaired) electrons. The van der Waals surface area contributed by atoms with Crippen LogP contribution in [0.2, 0.25) is 0 Å². The summed E-state index contributed by atoms with van der Waals surface area (Å²) in [6.45, 7) is 5.87. The van der Waals surface area contributed by atoms with E-state index in [0.717, 1.165) is 36.0 Å². The number of aromatic nitrogens is 2. The van der Waals surface area contributed by atoms with Crippen molar-refractivity contribution in [3.05, 3.63) is 71.8 Å². The molecule has 32 heavy (non-hydrogen) atoms. The molecule has 4 heterocycles. The third-order valence-corrected chi connectivity index (χ3v) is 6.97. The Labute approximate surface area is 189 Å². The molecule has 2 aliphatic heterocycles. The zero-order valence-electron chi connectivity index (χ0n) is 18.7. The van der Waals surface area contributed by atoms with Gasteiger partial charge in [0.15, 0.2) is 0 Å². The summed E-state index contributed by atoms with van der Waals surface area (Å²) in [7, 11) is 0. The second kappa shape index (κ2) is 9.04. The van der Waals surface area contributed by atoms with E-state index in [-0.39, 0.29) is 11.8 Å². The Bertz CT molecular complexity index is 1090. The fourth-order valence-corrected chi connectivity index (χ4v) is 5.24. The molecule has 0 saturated carbocycles. The molecule has 3 aromatic rings. The van der Waals surface area contributed by atoms with E-state index in [4.69, 9.17) is 9.47 Å². The predicted molar refractivity (Wildman–Crippen MR) is 123 cm³/mol. The molecule has 168 valence electrons. The Morgan fingerprint density at radius 2 is 2.00 bits per heavy atom. The zero-order valence-corrected chi connectivity index (χ0v) is 18.7. The third-order valence-electron chi connectivity index (χ3n) is 6.97. The van der Waals surface area contributed by atoms with Crippen LogP contribution < -0.4 is 0 Å². The largest absolute Gasteiger partial charge is 0.381 e. The highest BCUT2D eigenvalue weighted by Crippen LogP contribution is 2.37. The monoisotopic (exact) mass is 433 g/mol. The molecule has 0 aliphatic carbocycles. The highest BCUT2D eigenvalue weighted by molar-refractivity contribution is 5.88. The van der Waals surface area contributed by atoms with Crippen molar-refractivity contribution in [1.82, 2.24) is 14.3 Å². The molecule has 2 aliphatic rings. The summed E-state index contributed by atoms with van der Waals surface area (Å²) in [5.41, 5.74) is 3.96. The molecule has 1 unspecified atom stereocenters. The van der Waals surface area contributed by atoms with Crippen molar-refractivity contribution in [2.75, 3.05) is 39.5 Å². The zero-order chi connectivity index (χ0) is 22.0. The van der Waals surface area contributed by atoms with Crippen LogP contribution in [0.25, 0.3) is 5.52 Å². The van der Waals surface area contributed by atoms with Crippen molar-refractivity contribution in [2.45, 2.75) is 31.6 Å². The summed E-state index contributed by atoms with van der Waals surface area (Å²) in [4.78, 5) is 20.8. The van der Waals surface area contributed by atoms with Gasteiger partial charge in [0, 0.05) is 50.8 Å². The molecule has 0 N–H and O–H groups in total. The van der Waals surface area contributed by atoms with E-state index < -0.39 is 5.41 Å². The first kappa shape index (κ1) is 21.2. The van der Waals surface area contributed by atoms with Crippen LogP contribution in [0.5, 0.6) is 0 Å². The van der Waals surface area contributed by atoms with E-state index in [9.17, 15) is 4.79 Å². The average Bonchev–Trinajstić information content (AvgIpc) is 3.19. The summed E-state index contributed by atoms with van der Waals surface area (Å²) in [5.74, 6) is 0.431. The molecule has 0 bridgehead atoms. The van der Waals surface area contributed by atoms with Crippen LogP contribution in [0.1, 0.15) is 29.7 Å². The van der Waals surface area contributed by atoms with E-state index in [2.05, 4.69) is 46.6 Å². The minimum atomic E-state index is -0.515. The number of carbonyl (C=O) groups is 1. The topological polar surface area (TPSA) is 56.1 Å². The van der Waals surface area contributed by atoms with Gasteiger partial charge in [-0.1, -0.05) is 29.8 Å². The second-order valence-corrected chi connectivity index (χ2v) is 9.13. The van der Waals surface area contributed by atoms with E-state index in [1.165, 1.54) is 5.56 Å². The normalized spacial score (nSPS) is 21.4. The maximum atomic E-state index is 14.1. The van der Waals surface area contributed by atoms with Crippen molar-refractivity contribution in [1.29, 1.82) is 0 Å². The Morgan fingerprint density at radius 3 is 2.84 bits per heavy atom. The maximum Gasteiger partial charge on any atom is 0.233 e. The molecule has 6 heteroatoms. The fraction of sp³-hybridized carbons (Fsp3) is 0.462. The lowest BCUT2D eigenvalue weighted by atomic mass is 9.72. The Balaban J connectivity index is 1.40. The first-order chi connectivity index (χ1) is 15.7. The van der Waals surface area contributed by atoms with Crippen molar-refractivity contribution in [3.8, 4) is 0 Å². The smallest absolute Gasteiger partial charge is 0.233 e. The molecule has 6 nitrogen and oxygen atoms in total. The highest BCUT2D eigenvalue weighted by atomic mass is 16.5. The number of rotatable bonds is 4. The van der Waals surface area contributed by atoms with Crippen LogP contribution in [-0.4, -0.2) is 59.7 Å². The summed E-state index contributed by atoms with van der Waals surface area (Å²) in [6, 6.07) is 12.6. The predicted octanol–water partition coefficient (Wildman–Crippen LogP) is 3.41. The molecule has 5 rings (SSSR count). The highest BCUT2D eigenvalue weighted by Gasteiger charge is 2.44. The summed E-state index contributed by atoms with van der Waals surface area (Å²) < 4.78 is 13.7. The van der Waals surface area contributed by atoms with Gasteiger partial charge in [-0.2, -0.15) is 0 Å². The number of benzene rings is 1. The number of fused-ring (bicyclic) bond motifs is 1. The Hall–Kier alpha value is -2.70. The Morgan fingerprint density at radius 1 is 1.12 bits per heavy atom. The molecule has 2 fully saturated rings. The van der Waals surface area contributed by atoms with E-state index in [0.29, 0.717) is 39.5 Å². The molecule has 2 saturated heterocycles. The van der Waals surface area contributed by atoms with E-state index >= 15 is 0 Å². The minimum Gasteiger partial charge on any atom is -0.381 e. The minimum absolute atomic E-state index is 0.212. The number of amides is 1. The van der Waals surface area contributed by atoms with Crippen molar-refractivity contribution in [2.24, 2.45) is 5.92 Å². The van der Waals surface area contributed by atoms with Crippen LogP contribution in [-0.2, 0) is 26.1 Å². The summed E-state index contributed by atoms with van der Waals surface area (Å²) in [5, 5.41) is 0. The molecule has 1 atom stereocenters. The van der Waals surface area contributed by atoms with Gasteiger partial charge in [-0.05, 0) is 43.9 Å². The van der Waals surface area contributed by atoms with Crippen molar-refractivity contribution < 1.29 is 14.3 Å². The molecular formula is C26H31N3O3. The number of nitrogens with zero attached hydrogens (tertiary/aromatic N) is 3. The van der Waals surface area contributed by atoms with Crippen LogP contribution in [0.15, 0.2) is 55.0 Å². The molecule has 0 spiro atoms. The first-order valence-corrected chi connectivity index (χ1v) is 11.6. The van der Waals surface area contributed by atoms with Gasteiger partial charge >= 0.3 is 0 Å². The number of carbonyl (C=O) groups excluding carboxylic acids is 1. The molecule has 1 amide bonds. The maximum absolute atomic E-state index is 14.1. The SMILES string of the molecule is Cc1cccc(C2(C(=O)N3CCOCC(Cc4nccn5cccc45)C3)CCOCC2)c1. The number of ether oxygens (including phenoxy) is 2. The van der Waals surface area contributed by atoms with Crippen molar-refractivity contribution >= 4 is 11.4 Å². The van der Waals surface area contributed by atoms with Crippen molar-refractivity contribution in [3.63, 3.8) is 0 Å². The van der Waals surface area contributed by atoms with Crippen LogP contribution in [0.4, 0.5) is 0 Å². The van der Waals surface area contributed by atoms with Crippen LogP contribution >= 0.6 is 0 Å². The van der Waals surface area contributed by atoms with Gasteiger partial charge in [0.2, 0.25) is 5.91 Å². The van der Waals surface area contributed by atoms with E-state index in [1.807, 2.05) is 29.6 Å². The number of aryl methyl sites for hydroxylation is 1. The van der Waals surface area contributed by atoms with Gasteiger partial charge in [0.05, 0.1) is 29.8 Å². The number of hydrogen-bond donors (Lipinski definition) is 0. The fourth-order valence-electron chi connectivity index (χ4n) is 5.24. The standard InChI is InChI=1S/C26H31N3O3/c1-20-4-2-5-22(16-20)26(7-13-31-14-8-26)25(30)29-12-15-32-19-21(18-29)17-23-24-6-3-10-28(24)11-9-27-23/h2-6,9-11,16,21H,7-8,12-15,17-19H2,1H3. The quantitative estimate of drug-likeness (QED) is 0.633. The lowest BCUT2D eigenvalue weighted by Crippen LogP contribution is -2.51. The van der Waals surface area contributed by atoms with Gasteiger partial charge in [0.1, 0.15) is 0 Å². The van der Waals surface area contributed by atoms with Crippen LogP contribution in [0.3, 0.4) is 0 Å². The van der Waals surface area contributed by atoms with Crippen LogP contribution in [0, 0.1) is 12.8 Å². The molecule has 1 aromatic carbocycles. The third kappa shape index (κ3) is 4.05. The number of hydrogen-bond acceptors (Lipinski definition) is 4. The van der Waals surface area contributed by atoms with Gasteiger partial charge in [-0.15, -0.1) is 0 Å². The lowest BCUT2D eigenvalue weighted by molar-refractivity contribution is -0.141. The molecular weight excluding hydrogens is 402 g/mol. The van der Waals surface area contributed by atoms with Gasteiger partial charge in [-0.3, -0.25) is 9.78 Å². The van der Waals surface area contributed by atoms with Gasteiger partial charge < -0.3 is 18.8 Å². The molecule has 2 aromatic heterocycles. The van der Waals surface area contributed by atoms with E-state index in [1.54, 1.807) is 0 Å².